The van der Waals surface area contributed by atoms with E-state index in [9.17, 15) is 0 Å². The van der Waals surface area contributed by atoms with E-state index in [1.165, 1.54) is 86.2 Å². The number of furan rings is 1. The van der Waals surface area contributed by atoms with Crippen LogP contribution in [0, 0.1) is 0 Å². The van der Waals surface area contributed by atoms with Gasteiger partial charge in [-0.2, -0.15) is 0 Å². The van der Waals surface area contributed by atoms with E-state index in [0.717, 1.165) is 10.5 Å². The second kappa shape index (κ2) is 9.03. The first-order chi connectivity index (χ1) is 21.8. The lowest BCUT2D eigenvalue weighted by molar-refractivity contribution is 0.678. The Balaban J connectivity index is 1.34. The molecule has 0 atom stereocenters. The van der Waals surface area contributed by atoms with Gasteiger partial charge in [0.25, 0.3) is 0 Å². The average molecular weight is 577 g/mol. The van der Waals surface area contributed by atoms with E-state index in [2.05, 4.69) is 146 Å². The highest BCUT2D eigenvalue weighted by atomic mass is 32.1. The van der Waals surface area contributed by atoms with Crippen LogP contribution in [0.4, 0.5) is 0 Å². The molecule has 44 heavy (non-hydrogen) atoms. The summed E-state index contributed by atoms with van der Waals surface area (Å²) in [5.41, 5.74) is 5.97. The van der Waals surface area contributed by atoms with Crippen molar-refractivity contribution >= 4 is 85.8 Å². The molecular formula is C42H24OS. The van der Waals surface area contributed by atoms with E-state index >= 15 is 0 Å². The number of benzene rings is 8. The zero-order valence-corrected chi connectivity index (χ0v) is 24.5. The van der Waals surface area contributed by atoms with Crippen LogP contribution in [0.1, 0.15) is 0 Å². The van der Waals surface area contributed by atoms with Crippen molar-refractivity contribution in [3.05, 3.63) is 146 Å². The van der Waals surface area contributed by atoms with E-state index < -0.39 is 0 Å². The minimum atomic E-state index is 0.939. The van der Waals surface area contributed by atoms with Gasteiger partial charge in [-0.05, 0) is 89.6 Å². The van der Waals surface area contributed by atoms with E-state index in [-0.39, 0.29) is 0 Å². The summed E-state index contributed by atoms with van der Waals surface area (Å²) >= 11 is 1.73. The molecule has 10 aromatic rings. The van der Waals surface area contributed by atoms with Crippen molar-refractivity contribution < 1.29 is 4.42 Å². The highest BCUT2D eigenvalue weighted by Gasteiger charge is 2.20. The van der Waals surface area contributed by atoms with E-state index in [1.807, 2.05) is 0 Å². The lowest BCUT2D eigenvalue weighted by atomic mass is 9.83. The first kappa shape index (κ1) is 24.0. The summed E-state index contributed by atoms with van der Waals surface area (Å²) in [4.78, 5) is 0.992. The minimum Gasteiger partial charge on any atom is -0.445 e. The van der Waals surface area contributed by atoms with Crippen LogP contribution in [0.5, 0.6) is 0 Å². The van der Waals surface area contributed by atoms with Crippen LogP contribution in [0.3, 0.4) is 0 Å². The molecule has 2 heteroatoms. The van der Waals surface area contributed by atoms with Crippen molar-refractivity contribution in [2.24, 2.45) is 0 Å². The molecule has 0 aliphatic heterocycles. The molecule has 10 rings (SSSR count). The maximum Gasteiger partial charge on any atom is 0.190 e. The third kappa shape index (κ3) is 3.29. The molecule has 204 valence electrons. The molecule has 0 aliphatic carbocycles. The molecule has 0 bridgehead atoms. The number of hydrogen-bond donors (Lipinski definition) is 0. The van der Waals surface area contributed by atoms with Gasteiger partial charge in [0.15, 0.2) is 4.90 Å². The Hall–Kier alpha value is -5.44. The van der Waals surface area contributed by atoms with Crippen LogP contribution >= 0.6 is 11.3 Å². The van der Waals surface area contributed by atoms with Crippen LogP contribution < -0.4 is 0 Å². The van der Waals surface area contributed by atoms with Gasteiger partial charge in [-0.15, -0.1) is 0 Å². The van der Waals surface area contributed by atoms with Crippen LogP contribution in [0.25, 0.3) is 96.7 Å². The monoisotopic (exact) mass is 576 g/mol. The zero-order chi connectivity index (χ0) is 28.8. The molecule has 0 N–H and O–H groups in total. The van der Waals surface area contributed by atoms with Gasteiger partial charge < -0.3 is 4.42 Å². The third-order valence-corrected chi connectivity index (χ3v) is 10.3. The molecule has 8 aromatic carbocycles. The van der Waals surface area contributed by atoms with Crippen LogP contribution in [0.15, 0.2) is 150 Å². The van der Waals surface area contributed by atoms with E-state index in [1.54, 1.807) is 11.3 Å². The molecule has 0 amide bonds. The second-order valence-corrected chi connectivity index (χ2v) is 12.6. The molecule has 0 aliphatic rings. The average Bonchev–Trinajstić information content (AvgIpc) is 3.63. The van der Waals surface area contributed by atoms with Crippen molar-refractivity contribution in [2.75, 3.05) is 0 Å². The lowest BCUT2D eigenvalue weighted by Gasteiger charge is -2.19. The van der Waals surface area contributed by atoms with Crippen LogP contribution in [-0.2, 0) is 0 Å². The number of rotatable bonds is 2. The Labute approximate surface area is 257 Å². The summed E-state index contributed by atoms with van der Waals surface area (Å²) in [5, 5.41) is 13.8. The number of fused-ring (bicyclic) bond motifs is 10. The fourth-order valence-corrected chi connectivity index (χ4v) is 8.49. The molecule has 0 fully saturated rings. The fraction of sp³-hybridized carbons (Fsp3) is 0. The molecule has 1 nitrogen and oxygen atoms in total. The van der Waals surface area contributed by atoms with Crippen LogP contribution in [-0.4, -0.2) is 0 Å². The maximum atomic E-state index is 6.37. The van der Waals surface area contributed by atoms with Crippen molar-refractivity contribution in [3.8, 4) is 22.3 Å². The Kier molecular flexibility index (Phi) is 4.94. The Morgan fingerprint density at radius 2 is 0.977 bits per heavy atom. The number of thiophene rings is 1. The van der Waals surface area contributed by atoms with Gasteiger partial charge in [0.2, 0.25) is 0 Å². The Morgan fingerprint density at radius 1 is 0.409 bits per heavy atom. The van der Waals surface area contributed by atoms with Crippen LogP contribution in [0.2, 0.25) is 0 Å². The molecule has 2 heterocycles. The summed E-state index contributed by atoms with van der Waals surface area (Å²) in [6.45, 7) is 0. The van der Waals surface area contributed by atoms with Gasteiger partial charge in [0.05, 0.1) is 0 Å². The largest absolute Gasteiger partial charge is 0.445 e. The Morgan fingerprint density at radius 3 is 1.70 bits per heavy atom. The SMILES string of the molecule is c1ccc2c(c1)cc(-c1c3ccccc3c(-c3ccc4oc5sc6ccccc6c5c4c3)c3ccccc13)c1ccccc12. The van der Waals surface area contributed by atoms with Gasteiger partial charge >= 0.3 is 0 Å². The molecule has 0 unspecified atom stereocenters. The van der Waals surface area contributed by atoms with Gasteiger partial charge in [-0.25, -0.2) is 0 Å². The van der Waals surface area contributed by atoms with Crippen molar-refractivity contribution in [1.82, 2.24) is 0 Å². The predicted molar refractivity (Wildman–Crippen MR) is 190 cm³/mol. The quantitative estimate of drug-likeness (QED) is 0.147. The summed E-state index contributed by atoms with van der Waals surface area (Å²) < 4.78 is 7.64. The molecule has 0 spiro atoms. The second-order valence-electron chi connectivity index (χ2n) is 11.6. The summed E-state index contributed by atoms with van der Waals surface area (Å²) in [6.07, 6.45) is 0. The van der Waals surface area contributed by atoms with Gasteiger partial charge in [-0.1, -0.05) is 133 Å². The molecule has 0 saturated heterocycles. The van der Waals surface area contributed by atoms with E-state index in [0.29, 0.717) is 0 Å². The minimum absolute atomic E-state index is 0.939. The van der Waals surface area contributed by atoms with Crippen molar-refractivity contribution in [3.63, 3.8) is 0 Å². The fourth-order valence-electron chi connectivity index (χ4n) is 7.41. The summed E-state index contributed by atoms with van der Waals surface area (Å²) in [5.74, 6) is 0. The molecule has 0 radical (unpaired) electrons. The first-order valence-electron chi connectivity index (χ1n) is 15.0. The first-order valence-corrected chi connectivity index (χ1v) is 15.8. The molecule has 2 aromatic heterocycles. The standard InChI is InChI=1S/C42H24OS/c1-2-12-27-25(11-1)23-35(29-14-4-3-13-28(27)29)40-32-17-7-5-15-30(32)39(31-16-6-8-18-33(31)40)26-21-22-37-36(24-26)41-34-19-9-10-20-38(34)44-42(41)43-37/h1-24H. The predicted octanol–water partition coefficient (Wildman–Crippen LogP) is 12.7. The number of hydrogen-bond acceptors (Lipinski definition) is 2. The van der Waals surface area contributed by atoms with Gasteiger partial charge in [0, 0.05) is 20.9 Å². The molecule has 0 saturated carbocycles. The summed E-state index contributed by atoms with van der Waals surface area (Å²) in [6, 6.07) is 53.2. The normalized spacial score (nSPS) is 12.1. The van der Waals surface area contributed by atoms with Gasteiger partial charge in [0.1, 0.15) is 5.58 Å². The highest BCUT2D eigenvalue weighted by Crippen LogP contribution is 2.48. The molecular weight excluding hydrogens is 553 g/mol. The lowest BCUT2D eigenvalue weighted by Crippen LogP contribution is -1.92. The Bertz CT molecular complexity index is 2720. The van der Waals surface area contributed by atoms with E-state index in [4.69, 9.17) is 4.42 Å². The smallest absolute Gasteiger partial charge is 0.190 e. The van der Waals surface area contributed by atoms with Crippen molar-refractivity contribution in [1.29, 1.82) is 0 Å². The maximum absolute atomic E-state index is 6.37. The summed E-state index contributed by atoms with van der Waals surface area (Å²) in [7, 11) is 0. The third-order valence-electron chi connectivity index (χ3n) is 9.27. The highest BCUT2D eigenvalue weighted by molar-refractivity contribution is 7.25. The van der Waals surface area contributed by atoms with Crippen molar-refractivity contribution in [2.45, 2.75) is 0 Å². The topological polar surface area (TPSA) is 13.1 Å². The van der Waals surface area contributed by atoms with Gasteiger partial charge in [-0.3, -0.25) is 0 Å². The zero-order valence-electron chi connectivity index (χ0n) is 23.7.